The van der Waals surface area contributed by atoms with Crippen LogP contribution in [0.4, 0.5) is 10.5 Å². The Bertz CT molecular complexity index is 829. The number of hydrogen-bond acceptors (Lipinski definition) is 3. The maximum atomic E-state index is 12.5. The Labute approximate surface area is 144 Å². The number of carbonyl (C=O) groups excluding carboxylic acids is 3. The van der Waals surface area contributed by atoms with Crippen LogP contribution in [-0.4, -0.2) is 23.9 Å². The van der Waals surface area contributed by atoms with E-state index in [-0.39, 0.29) is 5.91 Å². The predicted molar refractivity (Wildman–Crippen MR) is 94.9 cm³/mol. The lowest BCUT2D eigenvalue weighted by atomic mass is 10.1. The van der Waals surface area contributed by atoms with Crippen LogP contribution in [-0.2, 0) is 4.79 Å². The van der Waals surface area contributed by atoms with Crippen molar-refractivity contribution >= 4 is 29.6 Å². The zero-order chi connectivity index (χ0) is 17.8. The summed E-state index contributed by atoms with van der Waals surface area (Å²) in [6, 6.07) is 14.6. The summed E-state index contributed by atoms with van der Waals surface area (Å²) < 4.78 is 0. The molecule has 1 saturated heterocycles. The van der Waals surface area contributed by atoms with E-state index in [1.165, 1.54) is 24.3 Å². The Morgan fingerprint density at radius 2 is 1.76 bits per heavy atom. The molecule has 6 heteroatoms. The minimum Gasteiger partial charge on any atom is -0.366 e. The fraction of sp³-hybridized carbons (Fsp3) is 0.105. The minimum atomic E-state index is -0.608. The van der Waals surface area contributed by atoms with Crippen LogP contribution in [0.2, 0.25) is 0 Å². The highest BCUT2D eigenvalue weighted by Gasteiger charge is 2.38. The van der Waals surface area contributed by atoms with Gasteiger partial charge in [-0.25, -0.2) is 9.69 Å². The van der Waals surface area contributed by atoms with E-state index in [1.54, 1.807) is 0 Å². The maximum Gasteiger partial charge on any atom is 0.329 e. The monoisotopic (exact) mass is 335 g/mol. The smallest absolute Gasteiger partial charge is 0.329 e. The number of nitrogens with one attached hydrogen (secondary N) is 1. The van der Waals surface area contributed by atoms with Gasteiger partial charge in [0, 0.05) is 5.56 Å². The molecule has 1 fully saturated rings. The number of carbonyl (C=O) groups is 3. The van der Waals surface area contributed by atoms with Gasteiger partial charge in [-0.15, -0.1) is 0 Å². The van der Waals surface area contributed by atoms with Gasteiger partial charge < -0.3 is 11.1 Å². The van der Waals surface area contributed by atoms with E-state index in [0.717, 1.165) is 10.5 Å². The third-order valence-corrected chi connectivity index (χ3v) is 3.91. The molecule has 4 amide bonds. The molecular weight excluding hydrogens is 318 g/mol. The van der Waals surface area contributed by atoms with Crippen molar-refractivity contribution in [2.75, 3.05) is 4.90 Å². The summed E-state index contributed by atoms with van der Waals surface area (Å²) in [4.78, 5) is 36.8. The van der Waals surface area contributed by atoms with Gasteiger partial charge in [-0.3, -0.25) is 9.59 Å². The third-order valence-electron chi connectivity index (χ3n) is 3.91. The van der Waals surface area contributed by atoms with Crippen molar-refractivity contribution in [3.63, 3.8) is 0 Å². The van der Waals surface area contributed by atoms with E-state index in [9.17, 15) is 14.4 Å². The molecule has 1 atom stereocenters. The van der Waals surface area contributed by atoms with Crippen molar-refractivity contribution < 1.29 is 14.4 Å². The average molecular weight is 335 g/mol. The summed E-state index contributed by atoms with van der Waals surface area (Å²) in [5, 5.41) is 2.67. The third kappa shape index (κ3) is 3.58. The normalized spacial score (nSPS) is 17.1. The van der Waals surface area contributed by atoms with Crippen molar-refractivity contribution in [3.05, 3.63) is 71.8 Å². The Kier molecular flexibility index (Phi) is 4.61. The fourth-order valence-electron chi connectivity index (χ4n) is 2.61. The first-order chi connectivity index (χ1) is 12.1. The number of benzene rings is 2. The van der Waals surface area contributed by atoms with Gasteiger partial charge in [-0.05, 0) is 36.2 Å². The minimum absolute atomic E-state index is 0.318. The van der Waals surface area contributed by atoms with Gasteiger partial charge in [-0.2, -0.15) is 0 Å². The lowest BCUT2D eigenvalue weighted by Gasteiger charge is -2.13. The summed E-state index contributed by atoms with van der Waals surface area (Å²) in [6.45, 7) is 0. The van der Waals surface area contributed by atoms with Crippen LogP contribution < -0.4 is 16.0 Å². The van der Waals surface area contributed by atoms with E-state index in [1.807, 2.05) is 42.5 Å². The molecule has 0 aromatic heterocycles. The molecule has 1 unspecified atom stereocenters. The van der Waals surface area contributed by atoms with E-state index in [0.29, 0.717) is 17.7 Å². The number of hydrogen-bond donors (Lipinski definition) is 2. The van der Waals surface area contributed by atoms with Crippen LogP contribution in [0.3, 0.4) is 0 Å². The largest absolute Gasteiger partial charge is 0.366 e. The zero-order valence-corrected chi connectivity index (χ0v) is 13.4. The second-order valence-electron chi connectivity index (χ2n) is 5.64. The number of anilines is 1. The highest BCUT2D eigenvalue weighted by atomic mass is 16.2. The van der Waals surface area contributed by atoms with Gasteiger partial charge in [0.05, 0.1) is 5.69 Å². The lowest BCUT2D eigenvalue weighted by Crippen LogP contribution is -2.31. The highest BCUT2D eigenvalue weighted by molar-refractivity contribution is 6.21. The van der Waals surface area contributed by atoms with Gasteiger partial charge in [-0.1, -0.05) is 42.5 Å². The molecule has 6 nitrogen and oxygen atoms in total. The molecule has 3 N–H and O–H groups in total. The van der Waals surface area contributed by atoms with Crippen LogP contribution in [0.5, 0.6) is 0 Å². The molecule has 2 aromatic carbocycles. The summed E-state index contributed by atoms with van der Waals surface area (Å²) in [6.07, 6.45) is 4.16. The Morgan fingerprint density at radius 3 is 2.40 bits per heavy atom. The van der Waals surface area contributed by atoms with Crippen molar-refractivity contribution in [1.29, 1.82) is 0 Å². The first kappa shape index (κ1) is 16.4. The quantitative estimate of drug-likeness (QED) is 0.821. The number of imide groups is 1. The molecule has 1 aliphatic heterocycles. The highest BCUT2D eigenvalue weighted by Crippen LogP contribution is 2.21. The first-order valence-electron chi connectivity index (χ1n) is 7.82. The molecule has 0 spiro atoms. The van der Waals surface area contributed by atoms with Gasteiger partial charge in [0.25, 0.3) is 5.91 Å². The van der Waals surface area contributed by atoms with Crippen LogP contribution in [0.1, 0.15) is 22.3 Å². The van der Waals surface area contributed by atoms with E-state index in [2.05, 4.69) is 5.32 Å². The maximum absolute atomic E-state index is 12.5. The van der Waals surface area contributed by atoms with Crippen molar-refractivity contribution in [2.45, 2.75) is 12.5 Å². The number of primary amides is 1. The number of urea groups is 1. The molecule has 0 saturated carbocycles. The van der Waals surface area contributed by atoms with Gasteiger partial charge in [0.1, 0.15) is 6.04 Å². The lowest BCUT2D eigenvalue weighted by molar-refractivity contribution is -0.118. The first-order valence-corrected chi connectivity index (χ1v) is 7.82. The molecule has 0 radical (unpaired) electrons. The molecule has 1 aliphatic rings. The van der Waals surface area contributed by atoms with Crippen molar-refractivity contribution in [3.8, 4) is 0 Å². The summed E-state index contributed by atoms with van der Waals surface area (Å²) in [5.74, 6) is -0.887. The van der Waals surface area contributed by atoms with E-state index >= 15 is 0 Å². The summed E-state index contributed by atoms with van der Waals surface area (Å²) in [7, 11) is 0. The van der Waals surface area contributed by atoms with Gasteiger partial charge in [0.15, 0.2) is 0 Å². The molecule has 2 aromatic rings. The Balaban J connectivity index is 1.69. The molecule has 0 bridgehead atoms. The molecule has 1 heterocycles. The van der Waals surface area contributed by atoms with Crippen LogP contribution in [0.25, 0.3) is 6.08 Å². The summed E-state index contributed by atoms with van der Waals surface area (Å²) >= 11 is 0. The van der Waals surface area contributed by atoms with Crippen LogP contribution in [0, 0.1) is 0 Å². The van der Waals surface area contributed by atoms with Gasteiger partial charge in [0.2, 0.25) is 5.91 Å². The fourth-order valence-corrected chi connectivity index (χ4v) is 2.61. The number of rotatable bonds is 5. The van der Waals surface area contributed by atoms with E-state index in [4.69, 9.17) is 5.73 Å². The molecular formula is C19H17N3O3. The topological polar surface area (TPSA) is 92.5 Å². The average Bonchev–Trinajstić information content (AvgIpc) is 2.90. The molecule has 0 aliphatic carbocycles. The zero-order valence-electron chi connectivity index (χ0n) is 13.4. The molecule has 3 rings (SSSR count). The van der Waals surface area contributed by atoms with E-state index < -0.39 is 18.0 Å². The van der Waals surface area contributed by atoms with Crippen LogP contribution in [0.15, 0.2) is 60.7 Å². The second kappa shape index (κ2) is 7.00. The molecule has 126 valence electrons. The summed E-state index contributed by atoms with van der Waals surface area (Å²) in [5.41, 5.74) is 6.94. The molecule has 25 heavy (non-hydrogen) atoms. The predicted octanol–water partition coefficient (Wildman–Crippen LogP) is 2.31. The van der Waals surface area contributed by atoms with Crippen LogP contribution >= 0.6 is 0 Å². The van der Waals surface area contributed by atoms with Crippen molar-refractivity contribution in [2.24, 2.45) is 5.73 Å². The Morgan fingerprint density at radius 1 is 1.08 bits per heavy atom. The number of nitrogens with zero attached hydrogens (tertiary/aromatic N) is 1. The van der Waals surface area contributed by atoms with Gasteiger partial charge >= 0.3 is 6.03 Å². The standard InChI is InChI=1S/C19H17N3O3/c20-17(23)14-9-11-15(12-10-14)22-18(24)16(21-19(22)25)8-4-7-13-5-2-1-3-6-13/h1-7,9-12,16H,8H2,(H2,20,23)(H,21,25)/b7-4+. The number of nitrogens with two attached hydrogens (primary N) is 1. The SMILES string of the molecule is NC(=O)c1ccc(N2C(=O)NC(C/C=C/c3ccccc3)C2=O)cc1. The van der Waals surface area contributed by atoms with Crippen molar-refractivity contribution in [1.82, 2.24) is 5.32 Å². The number of amides is 4. The Hall–Kier alpha value is -3.41. The second-order valence-corrected chi connectivity index (χ2v) is 5.64.